The van der Waals surface area contributed by atoms with Gasteiger partial charge in [-0.3, -0.25) is 9.59 Å². The van der Waals surface area contributed by atoms with E-state index >= 15 is 0 Å². The zero-order valence-corrected chi connectivity index (χ0v) is 18.6. The number of nitrogens with one attached hydrogen (secondary N) is 1. The molecule has 3 aromatic rings. The molecular weight excluding hydrogens is 435 g/mol. The van der Waals surface area contributed by atoms with Gasteiger partial charge in [0.15, 0.2) is 0 Å². The zero-order chi connectivity index (χ0) is 23.5. The Bertz CT molecular complexity index is 1180. The molecule has 0 unspecified atom stereocenters. The molecule has 0 radical (unpaired) electrons. The maximum absolute atomic E-state index is 13.6. The molecule has 0 saturated heterocycles. The molecule has 1 fully saturated rings. The van der Waals surface area contributed by atoms with Crippen LogP contribution in [0.5, 0.6) is 11.5 Å². The van der Waals surface area contributed by atoms with Crippen molar-refractivity contribution in [3.8, 4) is 11.5 Å². The summed E-state index contributed by atoms with van der Waals surface area (Å²) in [5.74, 6) is 0.581. The maximum atomic E-state index is 13.6. The average Bonchev–Trinajstić information content (AvgIpc) is 3.61. The molecule has 0 spiro atoms. The zero-order valence-electron chi connectivity index (χ0n) is 18.6. The summed E-state index contributed by atoms with van der Waals surface area (Å²) in [7, 11) is 0. The first-order valence-corrected chi connectivity index (χ1v) is 11.3. The fourth-order valence-corrected chi connectivity index (χ4v) is 4.55. The fourth-order valence-electron chi connectivity index (χ4n) is 4.55. The summed E-state index contributed by atoms with van der Waals surface area (Å²) in [5, 5.41) is 2.83. The summed E-state index contributed by atoms with van der Waals surface area (Å²) < 4.78 is 24.7. The number of carbonyl (C=O) groups excluding carboxylic acids is 2. The van der Waals surface area contributed by atoms with Crippen molar-refractivity contribution in [1.29, 1.82) is 0 Å². The summed E-state index contributed by atoms with van der Waals surface area (Å²) in [4.78, 5) is 27.8. The van der Waals surface area contributed by atoms with E-state index in [4.69, 9.17) is 9.47 Å². The van der Waals surface area contributed by atoms with E-state index in [1.54, 1.807) is 17.0 Å². The molecule has 6 nitrogen and oxygen atoms in total. The molecule has 0 bridgehead atoms. The highest BCUT2D eigenvalue weighted by molar-refractivity contribution is 6.07. The Morgan fingerprint density at radius 3 is 2.47 bits per heavy atom. The Morgan fingerprint density at radius 2 is 1.68 bits per heavy atom. The van der Waals surface area contributed by atoms with E-state index in [2.05, 4.69) is 5.32 Å². The highest BCUT2D eigenvalue weighted by Gasteiger charge is 2.66. The predicted molar refractivity (Wildman–Crippen MR) is 125 cm³/mol. The number of carbonyl (C=O) groups is 2. The van der Waals surface area contributed by atoms with Crippen molar-refractivity contribution >= 4 is 17.5 Å². The van der Waals surface area contributed by atoms with Crippen LogP contribution in [0.1, 0.15) is 17.9 Å². The van der Waals surface area contributed by atoms with Gasteiger partial charge in [0.05, 0.1) is 12.0 Å². The number of anilines is 1. The van der Waals surface area contributed by atoms with Crippen LogP contribution in [0.15, 0.2) is 78.9 Å². The molecular formula is C27H25FN2O4. The first kappa shape index (κ1) is 21.9. The lowest BCUT2D eigenvalue weighted by Crippen LogP contribution is -2.48. The van der Waals surface area contributed by atoms with E-state index in [0.29, 0.717) is 25.3 Å². The molecule has 0 aromatic heterocycles. The van der Waals surface area contributed by atoms with Crippen LogP contribution in [-0.2, 0) is 9.59 Å². The fraction of sp³-hybridized carbons (Fsp3) is 0.259. The number of halogens is 1. The molecule has 5 rings (SSSR count). The number of hydrogen-bond acceptors (Lipinski definition) is 4. The first-order chi connectivity index (χ1) is 16.6. The Morgan fingerprint density at radius 1 is 0.971 bits per heavy atom. The molecule has 2 atom stereocenters. The number of ether oxygens (including phenoxy) is 2. The van der Waals surface area contributed by atoms with Crippen LogP contribution in [0.4, 0.5) is 10.1 Å². The van der Waals surface area contributed by atoms with Gasteiger partial charge in [0.25, 0.3) is 0 Å². The van der Waals surface area contributed by atoms with Gasteiger partial charge in [-0.15, -0.1) is 0 Å². The van der Waals surface area contributed by atoms with Crippen LogP contribution in [0.3, 0.4) is 0 Å². The SMILES string of the molecule is O=C(CN1C(=O)[C@@]2(COc3ccc(F)cc3)C[C@H]2c2ccccc21)NCCOc1ccccc1. The number of nitrogens with zero attached hydrogens (tertiary/aromatic N) is 1. The van der Waals surface area contributed by atoms with Gasteiger partial charge < -0.3 is 19.7 Å². The summed E-state index contributed by atoms with van der Waals surface area (Å²) in [6, 6.07) is 22.8. The molecule has 3 aromatic carbocycles. The lowest BCUT2D eigenvalue weighted by atomic mass is 9.92. The van der Waals surface area contributed by atoms with Crippen LogP contribution >= 0.6 is 0 Å². The smallest absolute Gasteiger partial charge is 0.240 e. The van der Waals surface area contributed by atoms with Crippen molar-refractivity contribution < 1.29 is 23.5 Å². The Labute approximate surface area is 197 Å². The van der Waals surface area contributed by atoms with Gasteiger partial charge in [-0.1, -0.05) is 36.4 Å². The van der Waals surface area contributed by atoms with Crippen LogP contribution in [0.25, 0.3) is 0 Å². The molecule has 1 N–H and O–H groups in total. The highest BCUT2D eigenvalue weighted by atomic mass is 19.1. The van der Waals surface area contributed by atoms with Crippen molar-refractivity contribution in [3.05, 3.63) is 90.2 Å². The minimum Gasteiger partial charge on any atom is -0.492 e. The van der Waals surface area contributed by atoms with E-state index in [1.807, 2.05) is 54.6 Å². The highest BCUT2D eigenvalue weighted by Crippen LogP contribution is 2.65. The summed E-state index contributed by atoms with van der Waals surface area (Å²) in [6.45, 7) is 0.766. The molecule has 1 heterocycles. The number of hydrogen-bond donors (Lipinski definition) is 1. The van der Waals surface area contributed by atoms with Gasteiger partial charge in [0.1, 0.15) is 37.1 Å². The normalized spacial score (nSPS) is 20.2. The van der Waals surface area contributed by atoms with Gasteiger partial charge in [-0.05, 0) is 54.4 Å². The van der Waals surface area contributed by atoms with Crippen molar-refractivity contribution in [1.82, 2.24) is 5.32 Å². The van der Waals surface area contributed by atoms with Crippen LogP contribution in [0.2, 0.25) is 0 Å². The summed E-state index contributed by atoms with van der Waals surface area (Å²) in [5.41, 5.74) is 1.10. The standard InChI is InChI=1S/C27H25FN2O4/c28-19-10-12-21(13-11-19)34-18-27-16-23(27)22-8-4-5-9-24(22)30(26(27)32)17-25(31)29-14-15-33-20-6-2-1-3-7-20/h1-13,23H,14-18H2,(H,29,31)/t23-,27+/m0/s1. The summed E-state index contributed by atoms with van der Waals surface area (Å²) in [6.07, 6.45) is 0.660. The topological polar surface area (TPSA) is 67.9 Å². The number of rotatable bonds is 9. The van der Waals surface area contributed by atoms with Crippen molar-refractivity contribution in [2.75, 3.05) is 31.2 Å². The first-order valence-electron chi connectivity index (χ1n) is 11.3. The predicted octanol–water partition coefficient (Wildman–Crippen LogP) is 3.92. The third-order valence-electron chi connectivity index (χ3n) is 6.40. The Kier molecular flexibility index (Phi) is 5.92. The van der Waals surface area contributed by atoms with Crippen molar-refractivity contribution in [2.45, 2.75) is 12.3 Å². The summed E-state index contributed by atoms with van der Waals surface area (Å²) >= 11 is 0. The number of para-hydroxylation sites is 2. The Hall–Kier alpha value is -3.87. The van der Waals surface area contributed by atoms with E-state index in [1.165, 1.54) is 12.1 Å². The largest absolute Gasteiger partial charge is 0.492 e. The number of benzene rings is 3. The maximum Gasteiger partial charge on any atom is 0.240 e. The third kappa shape index (κ3) is 4.33. The molecule has 7 heteroatoms. The Balaban J connectivity index is 1.23. The van der Waals surface area contributed by atoms with E-state index in [-0.39, 0.29) is 36.7 Å². The van der Waals surface area contributed by atoms with Gasteiger partial charge >= 0.3 is 0 Å². The number of fused-ring (bicyclic) bond motifs is 3. The molecule has 1 aliphatic carbocycles. The van der Waals surface area contributed by atoms with E-state index < -0.39 is 5.41 Å². The lowest BCUT2D eigenvalue weighted by molar-refractivity contribution is -0.128. The monoisotopic (exact) mass is 460 g/mol. The van der Waals surface area contributed by atoms with Gasteiger partial charge in [-0.2, -0.15) is 0 Å². The molecule has 174 valence electrons. The third-order valence-corrected chi connectivity index (χ3v) is 6.40. The van der Waals surface area contributed by atoms with Crippen LogP contribution in [-0.4, -0.2) is 38.1 Å². The van der Waals surface area contributed by atoms with Gasteiger partial charge in [-0.25, -0.2) is 4.39 Å². The van der Waals surface area contributed by atoms with Crippen molar-refractivity contribution in [2.24, 2.45) is 5.41 Å². The molecule has 1 saturated carbocycles. The van der Waals surface area contributed by atoms with Gasteiger partial charge in [0.2, 0.25) is 11.8 Å². The second kappa shape index (κ2) is 9.17. The minimum atomic E-state index is -0.709. The lowest BCUT2D eigenvalue weighted by Gasteiger charge is -2.33. The molecule has 34 heavy (non-hydrogen) atoms. The number of amides is 2. The van der Waals surface area contributed by atoms with Crippen molar-refractivity contribution in [3.63, 3.8) is 0 Å². The van der Waals surface area contributed by atoms with E-state index in [0.717, 1.165) is 17.0 Å². The second-order valence-corrected chi connectivity index (χ2v) is 8.62. The van der Waals surface area contributed by atoms with Crippen LogP contribution < -0.4 is 19.7 Å². The minimum absolute atomic E-state index is 0.0511. The molecule has 2 amide bonds. The molecule has 2 aliphatic rings. The van der Waals surface area contributed by atoms with Crippen LogP contribution in [0, 0.1) is 11.2 Å². The molecule has 1 aliphatic heterocycles. The average molecular weight is 461 g/mol. The van der Waals surface area contributed by atoms with Gasteiger partial charge in [0, 0.05) is 11.6 Å². The second-order valence-electron chi connectivity index (χ2n) is 8.62. The van der Waals surface area contributed by atoms with E-state index in [9.17, 15) is 14.0 Å². The quantitative estimate of drug-likeness (QED) is 0.492.